The van der Waals surface area contributed by atoms with Crippen molar-refractivity contribution in [3.05, 3.63) is 83.4 Å². The van der Waals surface area contributed by atoms with Gasteiger partial charge in [0.25, 0.3) is 0 Å². The molecule has 0 fully saturated rings. The summed E-state index contributed by atoms with van der Waals surface area (Å²) in [6.45, 7) is 1.92. The SMILES string of the molecule is COC(=O)C(c1ccc(-c2ncc(C)cn2)cc1)c1ccccc1F. The molecule has 2 aromatic carbocycles. The maximum Gasteiger partial charge on any atom is 0.317 e. The van der Waals surface area contributed by atoms with E-state index in [1.807, 2.05) is 19.1 Å². The monoisotopic (exact) mass is 336 g/mol. The normalized spacial score (nSPS) is 11.8. The molecule has 1 heterocycles. The van der Waals surface area contributed by atoms with Gasteiger partial charge in [0.05, 0.1) is 7.11 Å². The molecular formula is C20H17FN2O2. The lowest BCUT2D eigenvalue weighted by molar-refractivity contribution is -0.141. The Balaban J connectivity index is 1.98. The molecule has 1 atom stereocenters. The summed E-state index contributed by atoms with van der Waals surface area (Å²) >= 11 is 0. The number of ether oxygens (including phenoxy) is 1. The molecule has 0 amide bonds. The fourth-order valence-electron chi connectivity index (χ4n) is 2.64. The summed E-state index contributed by atoms with van der Waals surface area (Å²) in [5.74, 6) is -1.18. The van der Waals surface area contributed by atoms with Gasteiger partial charge in [-0.1, -0.05) is 42.5 Å². The first-order valence-electron chi connectivity index (χ1n) is 7.81. The lowest BCUT2D eigenvalue weighted by Gasteiger charge is -2.16. The maximum atomic E-state index is 14.2. The first kappa shape index (κ1) is 16.8. The summed E-state index contributed by atoms with van der Waals surface area (Å²) in [4.78, 5) is 20.8. The Morgan fingerprint density at radius 3 is 2.28 bits per heavy atom. The fourth-order valence-corrected chi connectivity index (χ4v) is 2.64. The predicted molar refractivity (Wildman–Crippen MR) is 92.5 cm³/mol. The van der Waals surface area contributed by atoms with Gasteiger partial charge in [-0.25, -0.2) is 14.4 Å². The van der Waals surface area contributed by atoms with Crippen LogP contribution in [0.1, 0.15) is 22.6 Å². The molecule has 0 bridgehead atoms. The standard InChI is InChI=1S/C20H17FN2O2/c1-13-11-22-19(23-12-13)15-9-7-14(8-10-15)18(20(24)25-2)16-5-3-4-6-17(16)21/h3-12,18H,1-2H3. The van der Waals surface area contributed by atoms with Crippen molar-refractivity contribution in [2.45, 2.75) is 12.8 Å². The van der Waals surface area contributed by atoms with E-state index in [2.05, 4.69) is 9.97 Å². The number of halogens is 1. The second kappa shape index (κ2) is 7.21. The van der Waals surface area contributed by atoms with Gasteiger partial charge in [0.1, 0.15) is 11.7 Å². The third-order valence-electron chi connectivity index (χ3n) is 3.94. The van der Waals surface area contributed by atoms with E-state index in [1.165, 1.54) is 13.2 Å². The van der Waals surface area contributed by atoms with Crippen molar-refractivity contribution in [3.8, 4) is 11.4 Å². The molecule has 1 aromatic heterocycles. The molecule has 0 spiro atoms. The van der Waals surface area contributed by atoms with E-state index in [1.54, 1.807) is 42.7 Å². The summed E-state index contributed by atoms with van der Waals surface area (Å²) in [7, 11) is 1.30. The zero-order valence-corrected chi connectivity index (χ0v) is 13.9. The minimum absolute atomic E-state index is 0.286. The van der Waals surface area contributed by atoms with Gasteiger partial charge >= 0.3 is 5.97 Å². The number of rotatable bonds is 4. The van der Waals surface area contributed by atoms with Crippen LogP contribution >= 0.6 is 0 Å². The van der Waals surface area contributed by atoms with Gasteiger partial charge in [-0.3, -0.25) is 4.79 Å². The smallest absolute Gasteiger partial charge is 0.317 e. The molecule has 0 saturated heterocycles. The molecule has 0 aliphatic heterocycles. The van der Waals surface area contributed by atoms with E-state index in [9.17, 15) is 9.18 Å². The molecule has 3 aromatic rings. The van der Waals surface area contributed by atoms with E-state index >= 15 is 0 Å². The van der Waals surface area contributed by atoms with Crippen molar-refractivity contribution in [2.75, 3.05) is 7.11 Å². The van der Waals surface area contributed by atoms with Crippen LogP contribution in [0.25, 0.3) is 11.4 Å². The molecule has 126 valence electrons. The van der Waals surface area contributed by atoms with Gasteiger partial charge in [-0.05, 0) is 24.1 Å². The number of hydrogen-bond acceptors (Lipinski definition) is 4. The second-order valence-corrected chi connectivity index (χ2v) is 5.68. The molecule has 0 N–H and O–H groups in total. The summed E-state index contributed by atoms with van der Waals surface area (Å²) in [5.41, 5.74) is 2.73. The number of carbonyl (C=O) groups is 1. The molecule has 0 aliphatic carbocycles. The lowest BCUT2D eigenvalue weighted by Crippen LogP contribution is -2.17. The van der Waals surface area contributed by atoms with Crippen LogP contribution in [-0.2, 0) is 9.53 Å². The third-order valence-corrected chi connectivity index (χ3v) is 3.94. The van der Waals surface area contributed by atoms with Crippen LogP contribution in [0.15, 0.2) is 60.9 Å². The highest BCUT2D eigenvalue weighted by Gasteiger charge is 2.26. The molecule has 0 radical (unpaired) electrons. The largest absolute Gasteiger partial charge is 0.468 e. The van der Waals surface area contributed by atoms with Crippen molar-refractivity contribution in [3.63, 3.8) is 0 Å². The van der Waals surface area contributed by atoms with Crippen molar-refractivity contribution in [1.82, 2.24) is 9.97 Å². The topological polar surface area (TPSA) is 52.1 Å². The van der Waals surface area contributed by atoms with Crippen LogP contribution in [-0.4, -0.2) is 23.0 Å². The van der Waals surface area contributed by atoms with Gasteiger partial charge in [0, 0.05) is 23.5 Å². The number of esters is 1. The Bertz CT molecular complexity index is 877. The molecule has 5 heteroatoms. The maximum absolute atomic E-state index is 14.2. The Labute approximate surface area is 145 Å². The molecule has 1 unspecified atom stereocenters. The summed E-state index contributed by atoms with van der Waals surface area (Å²) in [6, 6.07) is 13.4. The number of methoxy groups -OCH3 is 1. The predicted octanol–water partition coefficient (Wildman–Crippen LogP) is 3.90. The number of aromatic nitrogens is 2. The number of carbonyl (C=O) groups excluding carboxylic acids is 1. The number of benzene rings is 2. The zero-order valence-electron chi connectivity index (χ0n) is 13.9. The molecule has 4 nitrogen and oxygen atoms in total. The Morgan fingerprint density at radius 1 is 1.04 bits per heavy atom. The van der Waals surface area contributed by atoms with Gasteiger partial charge in [-0.2, -0.15) is 0 Å². The minimum Gasteiger partial charge on any atom is -0.468 e. The highest BCUT2D eigenvalue weighted by molar-refractivity contribution is 5.82. The number of aryl methyl sites for hydroxylation is 1. The van der Waals surface area contributed by atoms with Gasteiger partial charge in [-0.15, -0.1) is 0 Å². The average Bonchev–Trinajstić information content (AvgIpc) is 2.64. The highest BCUT2D eigenvalue weighted by Crippen LogP contribution is 2.29. The van der Waals surface area contributed by atoms with E-state index in [4.69, 9.17) is 4.74 Å². The Morgan fingerprint density at radius 2 is 1.68 bits per heavy atom. The highest BCUT2D eigenvalue weighted by atomic mass is 19.1. The Kier molecular flexibility index (Phi) is 4.84. The molecule has 3 rings (SSSR count). The van der Waals surface area contributed by atoms with Gasteiger partial charge in [0.2, 0.25) is 0 Å². The second-order valence-electron chi connectivity index (χ2n) is 5.68. The molecule has 25 heavy (non-hydrogen) atoms. The van der Waals surface area contributed by atoms with Crippen LogP contribution in [0, 0.1) is 12.7 Å². The van der Waals surface area contributed by atoms with Crippen molar-refractivity contribution >= 4 is 5.97 Å². The van der Waals surface area contributed by atoms with Gasteiger partial charge in [0.15, 0.2) is 5.82 Å². The number of nitrogens with zero attached hydrogens (tertiary/aromatic N) is 2. The van der Waals surface area contributed by atoms with Crippen LogP contribution in [0.5, 0.6) is 0 Å². The van der Waals surface area contributed by atoms with E-state index < -0.39 is 17.7 Å². The summed E-state index contributed by atoms with van der Waals surface area (Å²) in [5, 5.41) is 0. The quantitative estimate of drug-likeness (QED) is 0.678. The van der Waals surface area contributed by atoms with Crippen molar-refractivity contribution in [2.24, 2.45) is 0 Å². The van der Waals surface area contributed by atoms with Crippen molar-refractivity contribution in [1.29, 1.82) is 0 Å². The molecule has 0 aliphatic rings. The summed E-state index contributed by atoms with van der Waals surface area (Å²) < 4.78 is 19.1. The van der Waals surface area contributed by atoms with Crippen LogP contribution < -0.4 is 0 Å². The summed E-state index contributed by atoms with van der Waals surface area (Å²) in [6.07, 6.45) is 3.49. The fraction of sp³-hybridized carbons (Fsp3) is 0.150. The third kappa shape index (κ3) is 3.55. The van der Waals surface area contributed by atoms with Crippen LogP contribution in [0.3, 0.4) is 0 Å². The van der Waals surface area contributed by atoms with E-state index in [-0.39, 0.29) is 5.56 Å². The number of hydrogen-bond donors (Lipinski definition) is 0. The Hall–Kier alpha value is -3.08. The molecule has 0 saturated carbocycles. The minimum atomic E-state index is -0.820. The lowest BCUT2D eigenvalue weighted by atomic mass is 9.90. The van der Waals surface area contributed by atoms with Crippen LogP contribution in [0.2, 0.25) is 0 Å². The van der Waals surface area contributed by atoms with E-state index in [0.29, 0.717) is 11.4 Å². The van der Waals surface area contributed by atoms with Crippen LogP contribution in [0.4, 0.5) is 4.39 Å². The zero-order chi connectivity index (χ0) is 17.8. The first-order chi connectivity index (χ1) is 12.1. The first-order valence-corrected chi connectivity index (χ1v) is 7.81. The molecular weight excluding hydrogens is 319 g/mol. The average molecular weight is 336 g/mol. The van der Waals surface area contributed by atoms with Gasteiger partial charge < -0.3 is 4.74 Å². The van der Waals surface area contributed by atoms with Crippen molar-refractivity contribution < 1.29 is 13.9 Å². The van der Waals surface area contributed by atoms with E-state index in [0.717, 1.165) is 11.1 Å².